The highest BCUT2D eigenvalue weighted by atomic mass is 16.5. The predicted molar refractivity (Wildman–Crippen MR) is 120 cm³/mol. The van der Waals surface area contributed by atoms with Crippen molar-refractivity contribution in [2.45, 2.75) is 13.0 Å². The average Bonchev–Trinajstić information content (AvgIpc) is 3.18. The third kappa shape index (κ3) is 4.72. The van der Waals surface area contributed by atoms with Gasteiger partial charge in [0.2, 0.25) is 11.9 Å². The van der Waals surface area contributed by atoms with Crippen molar-refractivity contribution < 1.29 is 14.3 Å². The van der Waals surface area contributed by atoms with Gasteiger partial charge in [0.1, 0.15) is 17.3 Å². The van der Waals surface area contributed by atoms with E-state index >= 15 is 0 Å². The number of piperazine rings is 1. The third-order valence-corrected chi connectivity index (χ3v) is 5.22. The van der Waals surface area contributed by atoms with Gasteiger partial charge >= 0.3 is 0 Å². The molecule has 1 atom stereocenters. The van der Waals surface area contributed by atoms with Crippen LogP contribution >= 0.6 is 0 Å². The lowest BCUT2D eigenvalue weighted by atomic mass is 10.0. The molecule has 0 radical (unpaired) electrons. The number of nitrogen functional groups attached to an aromatic ring is 1. The maximum Gasteiger partial charge on any atom is 0.260 e. The number of rotatable bonds is 6. The van der Waals surface area contributed by atoms with Crippen LogP contribution in [0.4, 0.5) is 11.9 Å². The Bertz CT molecular complexity index is 1110. The molecule has 1 unspecified atom stereocenters. The van der Waals surface area contributed by atoms with Gasteiger partial charge in [-0.05, 0) is 30.7 Å². The number of anilines is 2. The molecule has 1 amide bonds. The summed E-state index contributed by atoms with van der Waals surface area (Å²) in [5, 5.41) is 10.7. The third-order valence-electron chi connectivity index (χ3n) is 5.22. The molecular formula is C22H25N7O3. The van der Waals surface area contributed by atoms with Crippen LogP contribution < -0.4 is 16.4 Å². The molecule has 10 nitrogen and oxygen atoms in total. The molecule has 2 heterocycles. The SMILES string of the molecule is Cc1cccc(-n2nc(NC3C=CC=C(OCC(=O)N4CCNCC4)C3=C=O)nc2N)c1. The Hall–Kier alpha value is -3.88. The van der Waals surface area contributed by atoms with Gasteiger partial charge < -0.3 is 26.0 Å². The number of benzene rings is 1. The van der Waals surface area contributed by atoms with Crippen molar-refractivity contribution >= 4 is 23.7 Å². The maximum atomic E-state index is 12.4. The summed E-state index contributed by atoms with van der Waals surface area (Å²) in [5.41, 5.74) is 8.11. The first-order valence-corrected chi connectivity index (χ1v) is 10.4. The fourth-order valence-corrected chi connectivity index (χ4v) is 3.57. The lowest BCUT2D eigenvalue weighted by Crippen LogP contribution is -2.47. The Morgan fingerprint density at radius 2 is 2.19 bits per heavy atom. The number of hydrogen-bond acceptors (Lipinski definition) is 8. The molecule has 0 saturated carbocycles. The number of amides is 1. The second-order valence-electron chi connectivity index (χ2n) is 7.52. The first-order valence-electron chi connectivity index (χ1n) is 10.4. The minimum atomic E-state index is -0.574. The van der Waals surface area contributed by atoms with Crippen LogP contribution in [-0.4, -0.2) is 70.3 Å². The average molecular weight is 435 g/mol. The first-order chi connectivity index (χ1) is 15.5. The second kappa shape index (κ2) is 9.51. The number of carbonyl (C=O) groups is 1. The van der Waals surface area contributed by atoms with E-state index in [4.69, 9.17) is 10.5 Å². The lowest BCUT2D eigenvalue weighted by Gasteiger charge is -2.28. The molecule has 1 aromatic heterocycles. The van der Waals surface area contributed by atoms with Gasteiger partial charge in [-0.1, -0.05) is 24.3 Å². The predicted octanol–water partition coefficient (Wildman–Crippen LogP) is 0.599. The van der Waals surface area contributed by atoms with Crippen LogP contribution in [0.3, 0.4) is 0 Å². The van der Waals surface area contributed by atoms with E-state index in [1.165, 1.54) is 4.68 Å². The van der Waals surface area contributed by atoms with Crippen LogP contribution in [0.25, 0.3) is 5.69 Å². The normalized spacial score (nSPS) is 18.2. The fraction of sp³-hybridized carbons (Fsp3) is 0.318. The molecule has 1 saturated heterocycles. The topological polar surface area (TPSA) is 127 Å². The number of carbonyl (C=O) groups excluding carboxylic acids is 2. The quantitative estimate of drug-likeness (QED) is 0.563. The summed E-state index contributed by atoms with van der Waals surface area (Å²) in [5.74, 6) is 2.55. The van der Waals surface area contributed by atoms with Crippen molar-refractivity contribution in [1.82, 2.24) is 25.0 Å². The fourth-order valence-electron chi connectivity index (χ4n) is 3.57. The van der Waals surface area contributed by atoms with E-state index in [2.05, 4.69) is 20.7 Å². The Labute approximate surface area is 185 Å². The van der Waals surface area contributed by atoms with Crippen molar-refractivity contribution in [3.05, 3.63) is 59.4 Å². The molecule has 2 aromatic rings. The number of aryl methyl sites for hydroxylation is 1. The number of hydrogen-bond donors (Lipinski definition) is 3. The molecule has 166 valence electrons. The van der Waals surface area contributed by atoms with Crippen molar-refractivity contribution in [3.8, 4) is 5.69 Å². The summed E-state index contributed by atoms with van der Waals surface area (Å²) < 4.78 is 7.19. The summed E-state index contributed by atoms with van der Waals surface area (Å²) in [4.78, 5) is 30.1. The van der Waals surface area contributed by atoms with Crippen LogP contribution in [0.15, 0.2) is 53.8 Å². The van der Waals surface area contributed by atoms with Crippen molar-refractivity contribution in [3.63, 3.8) is 0 Å². The van der Waals surface area contributed by atoms with Crippen molar-refractivity contribution in [2.75, 3.05) is 43.8 Å². The largest absolute Gasteiger partial charge is 0.483 e. The Kier molecular flexibility index (Phi) is 6.34. The molecule has 0 spiro atoms. The monoisotopic (exact) mass is 435 g/mol. The molecule has 32 heavy (non-hydrogen) atoms. The first kappa shape index (κ1) is 21.4. The highest BCUT2D eigenvalue weighted by molar-refractivity contribution is 5.78. The zero-order valence-electron chi connectivity index (χ0n) is 17.7. The standard InChI is InChI=1S/C22H25N7O3/c1-15-4-2-5-16(12-15)29-21(23)26-22(27-29)25-18-6-3-7-19(17(18)13-30)32-14-20(31)28-10-8-24-9-11-28/h2-7,12,18,24H,8-11,14H2,1H3,(H3,23,25,26,27). The smallest absolute Gasteiger partial charge is 0.260 e. The number of nitrogens with one attached hydrogen (secondary N) is 2. The molecule has 1 aromatic carbocycles. The molecular weight excluding hydrogens is 410 g/mol. The molecule has 10 heteroatoms. The second-order valence-corrected chi connectivity index (χ2v) is 7.52. The summed E-state index contributed by atoms with van der Waals surface area (Å²) >= 11 is 0. The zero-order chi connectivity index (χ0) is 22.5. The maximum absolute atomic E-state index is 12.4. The highest BCUT2D eigenvalue weighted by Crippen LogP contribution is 2.23. The molecule has 0 bridgehead atoms. The highest BCUT2D eigenvalue weighted by Gasteiger charge is 2.25. The summed E-state index contributed by atoms with van der Waals surface area (Å²) in [7, 11) is 0. The van der Waals surface area contributed by atoms with Crippen LogP contribution in [-0.2, 0) is 14.3 Å². The van der Waals surface area contributed by atoms with Gasteiger partial charge in [0.15, 0.2) is 6.61 Å². The van der Waals surface area contributed by atoms with E-state index in [-0.39, 0.29) is 35.7 Å². The Balaban J connectivity index is 1.43. The number of allylic oxidation sites excluding steroid dienone is 2. The molecule has 4 N–H and O–H groups in total. The number of aromatic nitrogens is 3. The van der Waals surface area contributed by atoms with Gasteiger partial charge in [-0.15, -0.1) is 5.10 Å². The molecule has 1 aliphatic heterocycles. The van der Waals surface area contributed by atoms with E-state index in [1.54, 1.807) is 23.1 Å². The molecule has 2 aliphatic rings. The van der Waals surface area contributed by atoms with Crippen LogP contribution in [0, 0.1) is 6.92 Å². The molecule has 1 aliphatic carbocycles. The molecule has 4 rings (SSSR count). The van der Waals surface area contributed by atoms with Crippen LogP contribution in [0.1, 0.15) is 5.56 Å². The number of nitrogens with two attached hydrogens (primary N) is 1. The minimum Gasteiger partial charge on any atom is -0.483 e. The Morgan fingerprint density at radius 1 is 1.38 bits per heavy atom. The van der Waals surface area contributed by atoms with Gasteiger partial charge in [-0.2, -0.15) is 9.67 Å². The summed E-state index contributed by atoms with van der Waals surface area (Å²) in [6.45, 7) is 4.62. The van der Waals surface area contributed by atoms with Crippen LogP contribution in [0.5, 0.6) is 0 Å². The summed E-state index contributed by atoms with van der Waals surface area (Å²) in [6.07, 6.45) is 5.13. The van der Waals surface area contributed by atoms with E-state index in [1.807, 2.05) is 37.1 Å². The van der Waals surface area contributed by atoms with Gasteiger partial charge in [0, 0.05) is 26.2 Å². The Morgan fingerprint density at radius 3 is 2.94 bits per heavy atom. The van der Waals surface area contributed by atoms with Gasteiger partial charge in [-0.3, -0.25) is 4.79 Å². The minimum absolute atomic E-state index is 0.122. The van der Waals surface area contributed by atoms with Gasteiger partial charge in [0.25, 0.3) is 5.91 Å². The molecule has 1 fully saturated rings. The van der Waals surface area contributed by atoms with Gasteiger partial charge in [-0.25, -0.2) is 4.79 Å². The number of ether oxygens (including phenoxy) is 1. The van der Waals surface area contributed by atoms with Crippen LogP contribution in [0.2, 0.25) is 0 Å². The van der Waals surface area contributed by atoms with E-state index in [9.17, 15) is 9.59 Å². The van der Waals surface area contributed by atoms with Gasteiger partial charge in [0.05, 0.1) is 11.7 Å². The summed E-state index contributed by atoms with van der Waals surface area (Å²) in [6, 6.07) is 7.13. The van der Waals surface area contributed by atoms with Crippen molar-refractivity contribution in [2.24, 2.45) is 0 Å². The van der Waals surface area contributed by atoms with E-state index < -0.39 is 6.04 Å². The van der Waals surface area contributed by atoms with E-state index in [0.717, 1.165) is 24.3 Å². The van der Waals surface area contributed by atoms with E-state index in [0.29, 0.717) is 13.1 Å². The number of nitrogens with zero attached hydrogens (tertiary/aromatic N) is 4. The lowest BCUT2D eigenvalue weighted by molar-refractivity contribution is -0.135. The zero-order valence-corrected chi connectivity index (χ0v) is 17.7. The van der Waals surface area contributed by atoms with Crippen molar-refractivity contribution in [1.29, 1.82) is 0 Å².